The third kappa shape index (κ3) is 6.21. The molecule has 0 aliphatic heterocycles. The zero-order valence-corrected chi connectivity index (χ0v) is 34.9. The Hall–Kier alpha value is -7.88. The van der Waals surface area contributed by atoms with Crippen LogP contribution in [0, 0.1) is 0 Å². The Kier molecular flexibility index (Phi) is 9.17. The van der Waals surface area contributed by atoms with E-state index in [1.54, 1.807) is 0 Å². The Morgan fingerprint density at radius 3 is 0.968 bits per heavy atom. The number of fused-ring (bicyclic) bond motifs is 5. The quantitative estimate of drug-likeness (QED) is 0.106. The highest BCUT2D eigenvalue weighted by atomic mass is 15.2. The monoisotopic (exact) mass is 795 g/mol. The fraction of sp³-hybridized carbons (Fsp3) is 0.0508. The van der Waals surface area contributed by atoms with Crippen LogP contribution in [0.1, 0.15) is 25.0 Å². The van der Waals surface area contributed by atoms with Gasteiger partial charge in [-0.25, -0.2) is 0 Å². The lowest BCUT2D eigenvalue weighted by molar-refractivity contribution is 0.661. The van der Waals surface area contributed by atoms with E-state index in [0.29, 0.717) is 0 Å². The Labute approximate surface area is 364 Å². The number of hydrogen-bond acceptors (Lipinski definition) is 3. The fourth-order valence-electron chi connectivity index (χ4n) is 9.69. The summed E-state index contributed by atoms with van der Waals surface area (Å²) in [4.78, 5) is 7.28. The summed E-state index contributed by atoms with van der Waals surface area (Å²) in [7, 11) is 0. The maximum atomic E-state index is 2.52. The molecule has 11 rings (SSSR count). The number of anilines is 9. The second kappa shape index (κ2) is 15.3. The van der Waals surface area contributed by atoms with Gasteiger partial charge < -0.3 is 14.7 Å². The Morgan fingerprint density at radius 2 is 0.581 bits per heavy atom. The SMILES string of the molecule is CC1(C)c2cc(N(c3ccccc3)c3ccccc3)ccc2-c2cc3c(N(c4ccccc4)c4ccccc4)c4ccccc4c(N(c4ccccc4)c4ccccc4)c3cc21. The molecule has 1 aliphatic carbocycles. The maximum absolute atomic E-state index is 2.52. The fourth-order valence-corrected chi connectivity index (χ4v) is 9.69. The number of benzene rings is 10. The van der Waals surface area contributed by atoms with Crippen LogP contribution in [-0.2, 0) is 5.41 Å². The van der Waals surface area contributed by atoms with E-state index >= 15 is 0 Å². The first-order chi connectivity index (χ1) is 30.6. The second-order valence-corrected chi connectivity index (χ2v) is 16.6. The van der Waals surface area contributed by atoms with Crippen LogP contribution in [0.5, 0.6) is 0 Å². The molecule has 0 bridgehead atoms. The van der Waals surface area contributed by atoms with Crippen molar-refractivity contribution >= 4 is 72.7 Å². The zero-order valence-electron chi connectivity index (χ0n) is 34.9. The lowest BCUT2D eigenvalue weighted by Gasteiger charge is -2.33. The van der Waals surface area contributed by atoms with Crippen molar-refractivity contribution < 1.29 is 0 Å². The Balaban J connectivity index is 1.24. The Bertz CT molecular complexity index is 3070. The van der Waals surface area contributed by atoms with Gasteiger partial charge in [-0.1, -0.05) is 153 Å². The second-order valence-electron chi connectivity index (χ2n) is 16.6. The molecule has 0 spiro atoms. The van der Waals surface area contributed by atoms with Gasteiger partial charge in [0.25, 0.3) is 0 Å². The van der Waals surface area contributed by atoms with E-state index in [1.165, 1.54) is 43.8 Å². The van der Waals surface area contributed by atoms with Crippen molar-refractivity contribution in [3.63, 3.8) is 0 Å². The summed E-state index contributed by atoms with van der Waals surface area (Å²) in [5.74, 6) is 0. The van der Waals surface area contributed by atoms with Gasteiger partial charge in [-0.15, -0.1) is 0 Å². The van der Waals surface area contributed by atoms with Crippen LogP contribution in [0.15, 0.2) is 237 Å². The van der Waals surface area contributed by atoms with Crippen molar-refractivity contribution in [2.75, 3.05) is 14.7 Å². The van der Waals surface area contributed by atoms with Gasteiger partial charge in [0.1, 0.15) is 0 Å². The molecule has 0 radical (unpaired) electrons. The topological polar surface area (TPSA) is 9.72 Å². The predicted octanol–water partition coefficient (Wildman–Crippen LogP) is 16.7. The molecule has 0 N–H and O–H groups in total. The molecule has 3 nitrogen and oxygen atoms in total. The highest BCUT2D eigenvalue weighted by molar-refractivity contribution is 6.24. The van der Waals surface area contributed by atoms with E-state index in [2.05, 4.69) is 265 Å². The van der Waals surface area contributed by atoms with Crippen LogP contribution in [0.4, 0.5) is 51.2 Å². The van der Waals surface area contributed by atoms with Gasteiger partial charge in [0, 0.05) is 66.8 Å². The summed E-state index contributed by atoms with van der Waals surface area (Å²) in [5, 5.41) is 4.73. The standard InChI is InChI=1S/C59H45N3/c1-59(2)55-39-48(60(42-23-9-3-10-24-42)43-25-11-4-12-26-43)37-38-49(55)52-40-53-54(41-56(52)59)58(62(46-31-17-7-18-32-46)47-33-19-8-20-34-47)51-36-22-21-35-50(51)57(53)61(44-27-13-5-14-28-44)45-29-15-6-16-30-45/h3-41H,1-2H3. The number of rotatable bonds is 9. The highest BCUT2D eigenvalue weighted by Gasteiger charge is 2.38. The normalized spacial score (nSPS) is 12.5. The van der Waals surface area contributed by atoms with E-state index < -0.39 is 0 Å². The molecule has 0 amide bonds. The third-order valence-electron chi connectivity index (χ3n) is 12.5. The Morgan fingerprint density at radius 1 is 0.258 bits per heavy atom. The molecule has 10 aromatic carbocycles. The predicted molar refractivity (Wildman–Crippen MR) is 263 cm³/mol. The first-order valence-corrected chi connectivity index (χ1v) is 21.4. The summed E-state index contributed by atoms with van der Waals surface area (Å²) in [6.07, 6.45) is 0. The molecular formula is C59H45N3. The molecule has 0 atom stereocenters. The van der Waals surface area contributed by atoms with Crippen LogP contribution in [0.3, 0.4) is 0 Å². The van der Waals surface area contributed by atoms with Crippen LogP contribution < -0.4 is 14.7 Å². The average molecular weight is 796 g/mol. The lowest BCUT2D eigenvalue weighted by Crippen LogP contribution is -2.17. The van der Waals surface area contributed by atoms with Crippen molar-refractivity contribution in [2.45, 2.75) is 19.3 Å². The van der Waals surface area contributed by atoms with Crippen molar-refractivity contribution in [1.29, 1.82) is 0 Å². The molecule has 0 fully saturated rings. The molecule has 3 heteroatoms. The molecule has 0 heterocycles. The molecular weight excluding hydrogens is 751 g/mol. The smallest absolute Gasteiger partial charge is 0.0620 e. The molecule has 62 heavy (non-hydrogen) atoms. The van der Waals surface area contributed by atoms with Crippen molar-refractivity contribution in [3.8, 4) is 11.1 Å². The minimum Gasteiger partial charge on any atom is -0.310 e. The maximum Gasteiger partial charge on any atom is 0.0620 e. The van der Waals surface area contributed by atoms with Crippen LogP contribution in [-0.4, -0.2) is 0 Å². The van der Waals surface area contributed by atoms with Gasteiger partial charge in [0.2, 0.25) is 0 Å². The molecule has 0 aromatic heterocycles. The molecule has 296 valence electrons. The summed E-state index contributed by atoms with van der Waals surface area (Å²) in [6.45, 7) is 4.80. The average Bonchev–Trinajstić information content (AvgIpc) is 3.55. The van der Waals surface area contributed by atoms with Gasteiger partial charge >= 0.3 is 0 Å². The van der Waals surface area contributed by atoms with Crippen LogP contribution in [0.2, 0.25) is 0 Å². The number of hydrogen-bond donors (Lipinski definition) is 0. The number of nitrogens with zero attached hydrogens (tertiary/aromatic N) is 3. The molecule has 10 aromatic rings. The third-order valence-corrected chi connectivity index (χ3v) is 12.5. The minimum atomic E-state index is -0.306. The van der Waals surface area contributed by atoms with Crippen LogP contribution in [0.25, 0.3) is 32.7 Å². The molecule has 1 aliphatic rings. The molecule has 0 saturated heterocycles. The summed E-state index contributed by atoms with van der Waals surface area (Å²) >= 11 is 0. The summed E-state index contributed by atoms with van der Waals surface area (Å²) in [5.41, 5.74) is 15.0. The highest BCUT2D eigenvalue weighted by Crippen LogP contribution is 2.57. The first-order valence-electron chi connectivity index (χ1n) is 21.4. The number of para-hydroxylation sites is 6. The largest absolute Gasteiger partial charge is 0.310 e. The van der Waals surface area contributed by atoms with Crippen LogP contribution >= 0.6 is 0 Å². The van der Waals surface area contributed by atoms with Gasteiger partial charge in [-0.3, -0.25) is 0 Å². The van der Waals surface area contributed by atoms with E-state index in [-0.39, 0.29) is 5.41 Å². The zero-order chi connectivity index (χ0) is 41.6. The summed E-state index contributed by atoms with van der Waals surface area (Å²) < 4.78 is 0. The van der Waals surface area contributed by atoms with E-state index in [0.717, 1.165) is 51.2 Å². The molecule has 0 unspecified atom stereocenters. The van der Waals surface area contributed by atoms with E-state index in [1.807, 2.05) is 0 Å². The van der Waals surface area contributed by atoms with Gasteiger partial charge in [-0.2, -0.15) is 0 Å². The summed E-state index contributed by atoms with van der Waals surface area (Å²) in [6, 6.07) is 85.8. The van der Waals surface area contributed by atoms with E-state index in [9.17, 15) is 0 Å². The van der Waals surface area contributed by atoms with Gasteiger partial charge in [0.05, 0.1) is 11.4 Å². The molecule has 0 saturated carbocycles. The van der Waals surface area contributed by atoms with Gasteiger partial charge in [0.15, 0.2) is 0 Å². The lowest BCUT2D eigenvalue weighted by atomic mass is 9.81. The van der Waals surface area contributed by atoms with Crippen molar-refractivity contribution in [2.24, 2.45) is 0 Å². The van der Waals surface area contributed by atoms with Crippen molar-refractivity contribution in [3.05, 3.63) is 248 Å². The first kappa shape index (κ1) is 37.1. The van der Waals surface area contributed by atoms with E-state index in [4.69, 9.17) is 0 Å². The minimum absolute atomic E-state index is 0.306. The van der Waals surface area contributed by atoms with Gasteiger partial charge in [-0.05, 0) is 119 Å². The van der Waals surface area contributed by atoms with Crippen molar-refractivity contribution in [1.82, 2.24) is 0 Å².